The molecule has 132 valence electrons. The Morgan fingerprint density at radius 3 is 2.46 bits per heavy atom. The Balaban J connectivity index is 1.97. The van der Waals surface area contributed by atoms with Gasteiger partial charge in [-0.25, -0.2) is 0 Å². The fraction of sp³-hybridized carbons (Fsp3) is 0.556. The Morgan fingerprint density at radius 2 is 1.96 bits per heavy atom. The van der Waals surface area contributed by atoms with Crippen molar-refractivity contribution in [2.75, 3.05) is 5.32 Å². The van der Waals surface area contributed by atoms with E-state index in [4.69, 9.17) is 4.43 Å². The van der Waals surface area contributed by atoms with Crippen LogP contribution in [0.5, 0.6) is 5.75 Å². The lowest BCUT2D eigenvalue weighted by molar-refractivity contribution is -0.135. The van der Waals surface area contributed by atoms with Crippen molar-refractivity contribution in [1.29, 1.82) is 0 Å². The van der Waals surface area contributed by atoms with Crippen LogP contribution in [0.1, 0.15) is 39.2 Å². The molecular weight excluding hydrogens is 322 g/mol. The molecule has 1 aliphatic rings. The van der Waals surface area contributed by atoms with Crippen LogP contribution < -0.4 is 5.32 Å². The van der Waals surface area contributed by atoms with Crippen LogP contribution in [0.4, 0.5) is 5.69 Å². The summed E-state index contributed by atoms with van der Waals surface area (Å²) in [6.07, 6.45) is 0.593. The predicted octanol–water partition coefficient (Wildman–Crippen LogP) is 3.83. The summed E-state index contributed by atoms with van der Waals surface area (Å²) in [6.45, 7) is 11.3. The lowest BCUT2D eigenvalue weighted by Crippen LogP contribution is -2.40. The zero-order chi connectivity index (χ0) is 18.1. The predicted molar refractivity (Wildman–Crippen MR) is 96.5 cm³/mol. The summed E-state index contributed by atoms with van der Waals surface area (Å²) < 4.78 is 6.14. The van der Waals surface area contributed by atoms with Crippen LogP contribution in [-0.4, -0.2) is 25.1 Å². The number of hydrogen-bond donors (Lipinski definition) is 2. The molecule has 1 fully saturated rings. The molecule has 2 N–H and O–H groups in total. The van der Waals surface area contributed by atoms with Crippen LogP contribution >= 0.6 is 0 Å². The standard InChI is InChI=1S/C18H27NO4Si/c1-18(2,3)24(4,5)23-11-12-6-7-15(16(21)8-12)19-17(22)13-9-14(20)10-13/h6-8,13,21H,9-11H2,1-5H3,(H,19,22). The molecule has 0 atom stereocenters. The second-order valence-electron chi connectivity index (χ2n) is 8.03. The number of nitrogens with one attached hydrogen (secondary N) is 1. The zero-order valence-corrected chi connectivity index (χ0v) is 16.1. The quantitative estimate of drug-likeness (QED) is 0.626. The molecule has 0 unspecified atom stereocenters. The molecule has 1 aliphatic carbocycles. The number of carbonyl (C=O) groups excluding carboxylic acids is 2. The van der Waals surface area contributed by atoms with E-state index in [9.17, 15) is 14.7 Å². The van der Waals surface area contributed by atoms with Gasteiger partial charge >= 0.3 is 0 Å². The van der Waals surface area contributed by atoms with Gasteiger partial charge in [-0.3, -0.25) is 9.59 Å². The van der Waals surface area contributed by atoms with E-state index < -0.39 is 8.32 Å². The summed E-state index contributed by atoms with van der Waals surface area (Å²) in [5.74, 6) is -0.350. The molecule has 0 aromatic heterocycles. The molecule has 6 heteroatoms. The fourth-order valence-electron chi connectivity index (χ4n) is 2.16. The van der Waals surface area contributed by atoms with Crippen LogP contribution in [0.25, 0.3) is 0 Å². The number of benzene rings is 1. The third kappa shape index (κ3) is 4.24. The van der Waals surface area contributed by atoms with E-state index in [0.29, 0.717) is 25.1 Å². The molecule has 5 nitrogen and oxygen atoms in total. The summed E-state index contributed by atoms with van der Waals surface area (Å²) in [6, 6.07) is 5.14. The first-order chi connectivity index (χ1) is 11.0. The number of anilines is 1. The van der Waals surface area contributed by atoms with Gasteiger partial charge in [0.15, 0.2) is 8.32 Å². The smallest absolute Gasteiger partial charge is 0.228 e. The first-order valence-electron chi connectivity index (χ1n) is 8.28. The molecule has 1 aromatic carbocycles. The molecule has 0 bridgehead atoms. The highest BCUT2D eigenvalue weighted by molar-refractivity contribution is 6.74. The van der Waals surface area contributed by atoms with E-state index >= 15 is 0 Å². The SMILES string of the molecule is CC(C)(C)[Si](C)(C)OCc1ccc(NC(=O)C2CC(=O)C2)c(O)c1. The van der Waals surface area contributed by atoms with E-state index in [1.165, 1.54) is 0 Å². The van der Waals surface area contributed by atoms with Crippen molar-refractivity contribution in [2.24, 2.45) is 5.92 Å². The average Bonchev–Trinajstić information content (AvgIpc) is 2.43. The Kier molecular flexibility index (Phi) is 5.20. The van der Waals surface area contributed by atoms with Crippen molar-refractivity contribution in [1.82, 2.24) is 0 Å². The van der Waals surface area contributed by atoms with Gasteiger partial charge < -0.3 is 14.8 Å². The van der Waals surface area contributed by atoms with Crippen molar-refractivity contribution in [3.8, 4) is 5.75 Å². The molecule has 2 rings (SSSR count). The Labute approximate surface area is 144 Å². The highest BCUT2D eigenvalue weighted by Crippen LogP contribution is 2.37. The second-order valence-corrected chi connectivity index (χ2v) is 12.8. The van der Waals surface area contributed by atoms with Gasteiger partial charge in [0.2, 0.25) is 5.91 Å². The van der Waals surface area contributed by atoms with Gasteiger partial charge in [-0.2, -0.15) is 0 Å². The van der Waals surface area contributed by atoms with Gasteiger partial charge in [0, 0.05) is 12.8 Å². The highest BCUT2D eigenvalue weighted by atomic mass is 28.4. The third-order valence-electron chi connectivity index (χ3n) is 5.04. The lowest BCUT2D eigenvalue weighted by atomic mass is 9.83. The summed E-state index contributed by atoms with van der Waals surface area (Å²) in [7, 11) is -1.85. The molecule has 1 aromatic rings. The number of aromatic hydroxyl groups is 1. The van der Waals surface area contributed by atoms with Crippen molar-refractivity contribution >= 4 is 25.7 Å². The van der Waals surface area contributed by atoms with Crippen LogP contribution in [0.2, 0.25) is 18.1 Å². The zero-order valence-electron chi connectivity index (χ0n) is 15.1. The number of phenolic OH excluding ortho intramolecular Hbond substituents is 1. The van der Waals surface area contributed by atoms with Crippen LogP contribution in [0, 0.1) is 5.92 Å². The molecule has 1 amide bonds. The molecule has 0 saturated heterocycles. The maximum absolute atomic E-state index is 12.0. The Bertz CT molecular complexity index is 641. The molecule has 1 saturated carbocycles. The van der Waals surface area contributed by atoms with Crippen LogP contribution in [0.3, 0.4) is 0 Å². The van der Waals surface area contributed by atoms with E-state index in [1.54, 1.807) is 12.1 Å². The van der Waals surface area contributed by atoms with E-state index in [0.717, 1.165) is 5.56 Å². The number of rotatable bonds is 5. The number of amides is 1. The van der Waals surface area contributed by atoms with E-state index in [2.05, 4.69) is 39.2 Å². The summed E-state index contributed by atoms with van der Waals surface area (Å²) >= 11 is 0. The summed E-state index contributed by atoms with van der Waals surface area (Å²) in [4.78, 5) is 22.9. The van der Waals surface area contributed by atoms with Crippen LogP contribution in [0.15, 0.2) is 18.2 Å². The van der Waals surface area contributed by atoms with Gasteiger partial charge in [0.05, 0.1) is 18.2 Å². The lowest BCUT2D eigenvalue weighted by Gasteiger charge is -2.36. The molecular formula is C18H27NO4Si. The minimum atomic E-state index is -1.85. The summed E-state index contributed by atoms with van der Waals surface area (Å²) in [5.41, 5.74) is 1.24. The number of carbonyl (C=O) groups is 2. The summed E-state index contributed by atoms with van der Waals surface area (Å²) in [5, 5.41) is 12.9. The van der Waals surface area contributed by atoms with E-state index in [-0.39, 0.29) is 28.4 Å². The Hall–Kier alpha value is -1.66. The van der Waals surface area contributed by atoms with Gasteiger partial charge in [-0.1, -0.05) is 26.8 Å². The molecule has 0 radical (unpaired) electrons. The van der Waals surface area contributed by atoms with E-state index in [1.807, 2.05) is 6.07 Å². The monoisotopic (exact) mass is 349 g/mol. The van der Waals surface area contributed by atoms with Gasteiger partial charge in [-0.15, -0.1) is 0 Å². The largest absolute Gasteiger partial charge is 0.506 e. The van der Waals surface area contributed by atoms with Gasteiger partial charge in [0.25, 0.3) is 0 Å². The number of Topliss-reactive ketones (excluding diaryl/α,β-unsaturated/α-hetero) is 1. The van der Waals surface area contributed by atoms with Crippen molar-refractivity contribution in [3.63, 3.8) is 0 Å². The first-order valence-corrected chi connectivity index (χ1v) is 11.2. The van der Waals surface area contributed by atoms with Crippen molar-refractivity contribution in [3.05, 3.63) is 23.8 Å². The third-order valence-corrected chi connectivity index (χ3v) is 9.52. The maximum atomic E-state index is 12.0. The minimum Gasteiger partial charge on any atom is -0.506 e. The molecule has 24 heavy (non-hydrogen) atoms. The maximum Gasteiger partial charge on any atom is 0.228 e. The van der Waals surface area contributed by atoms with Gasteiger partial charge in [-0.05, 0) is 35.8 Å². The van der Waals surface area contributed by atoms with Crippen LogP contribution in [-0.2, 0) is 20.6 Å². The molecule has 0 aliphatic heterocycles. The van der Waals surface area contributed by atoms with Crippen molar-refractivity contribution < 1.29 is 19.1 Å². The van der Waals surface area contributed by atoms with Crippen molar-refractivity contribution in [2.45, 2.75) is 58.4 Å². The second kappa shape index (κ2) is 6.68. The Morgan fingerprint density at radius 1 is 1.33 bits per heavy atom. The average molecular weight is 350 g/mol. The highest BCUT2D eigenvalue weighted by Gasteiger charge is 2.37. The van der Waals surface area contributed by atoms with Gasteiger partial charge in [0.1, 0.15) is 11.5 Å². The molecule has 0 spiro atoms. The first kappa shape index (κ1) is 18.7. The molecule has 0 heterocycles. The number of hydrogen-bond acceptors (Lipinski definition) is 4. The normalized spacial score (nSPS) is 16.0. The number of phenols is 1. The fourth-order valence-corrected chi connectivity index (χ4v) is 3.12. The topological polar surface area (TPSA) is 75.6 Å². The minimum absolute atomic E-state index is 0.0188. The number of ketones is 1.